The molecular formula is C20H19N4O+. The van der Waals surface area contributed by atoms with Crippen LogP contribution in [0, 0.1) is 0 Å². The van der Waals surface area contributed by atoms with Gasteiger partial charge in [-0.2, -0.15) is 5.43 Å². The summed E-state index contributed by atoms with van der Waals surface area (Å²) in [4.78, 5) is 13.1. The zero-order valence-electron chi connectivity index (χ0n) is 13.6. The highest BCUT2D eigenvalue weighted by Crippen LogP contribution is 2.21. The van der Waals surface area contributed by atoms with Gasteiger partial charge >= 0.3 is 6.03 Å². The zero-order chi connectivity index (χ0) is 17.1. The van der Waals surface area contributed by atoms with Crippen LogP contribution < -0.4 is 20.9 Å². The van der Waals surface area contributed by atoms with E-state index in [1.807, 2.05) is 84.3 Å². The molecule has 0 bridgehead atoms. The van der Waals surface area contributed by atoms with Gasteiger partial charge < -0.3 is 0 Å². The van der Waals surface area contributed by atoms with Gasteiger partial charge in [-0.3, -0.25) is 0 Å². The molecule has 1 heterocycles. The third kappa shape index (κ3) is 3.10. The van der Waals surface area contributed by atoms with Gasteiger partial charge in [-0.15, -0.1) is 5.01 Å². The molecule has 3 N–H and O–H groups in total. The number of para-hydroxylation sites is 2. The first-order valence-electron chi connectivity index (χ1n) is 8.22. The number of nitrogens with one attached hydrogen (secondary N) is 1. The summed E-state index contributed by atoms with van der Waals surface area (Å²) in [6, 6.07) is 29.3. The molecule has 0 spiro atoms. The maximum absolute atomic E-state index is 13.1. The highest BCUT2D eigenvalue weighted by atomic mass is 16.2. The van der Waals surface area contributed by atoms with Crippen molar-refractivity contribution < 1.29 is 10.2 Å². The summed E-state index contributed by atoms with van der Waals surface area (Å²) in [6.07, 6.45) is -0.112. The molecule has 5 nitrogen and oxygen atoms in total. The Kier molecular flexibility index (Phi) is 4.16. The number of hydrazine groups is 1. The SMILES string of the molecule is O=C1N(c2ccccc2)NC(c2ccccc2)[NH2+]N1c1ccccc1. The number of anilines is 2. The highest BCUT2D eigenvalue weighted by Gasteiger charge is 2.37. The van der Waals surface area contributed by atoms with Crippen molar-refractivity contribution in [3.05, 3.63) is 96.6 Å². The molecule has 2 amide bonds. The van der Waals surface area contributed by atoms with Crippen LogP contribution in [0.2, 0.25) is 0 Å². The predicted octanol–water partition coefficient (Wildman–Crippen LogP) is 2.82. The fourth-order valence-electron chi connectivity index (χ4n) is 2.92. The third-order valence-electron chi connectivity index (χ3n) is 4.17. The molecule has 1 atom stereocenters. The van der Waals surface area contributed by atoms with Gasteiger partial charge in [-0.25, -0.2) is 15.2 Å². The minimum absolute atomic E-state index is 0.112. The van der Waals surface area contributed by atoms with Crippen LogP contribution in [0.15, 0.2) is 91.0 Å². The molecule has 0 aliphatic carbocycles. The van der Waals surface area contributed by atoms with Crippen molar-refractivity contribution in [3.8, 4) is 0 Å². The van der Waals surface area contributed by atoms with Crippen LogP contribution in [0.5, 0.6) is 0 Å². The van der Waals surface area contributed by atoms with Crippen LogP contribution >= 0.6 is 0 Å². The molecule has 3 aromatic rings. The Bertz CT molecular complexity index is 788. The number of benzene rings is 3. The van der Waals surface area contributed by atoms with Crippen molar-refractivity contribution >= 4 is 17.4 Å². The fraction of sp³-hybridized carbons (Fsp3) is 0.0500. The van der Waals surface area contributed by atoms with E-state index >= 15 is 0 Å². The van der Waals surface area contributed by atoms with Crippen molar-refractivity contribution in [3.63, 3.8) is 0 Å². The fourth-order valence-corrected chi connectivity index (χ4v) is 2.92. The second-order valence-electron chi connectivity index (χ2n) is 5.83. The Balaban J connectivity index is 1.73. The summed E-state index contributed by atoms with van der Waals surface area (Å²) in [5, 5.41) is 3.30. The molecule has 5 heteroatoms. The average Bonchev–Trinajstić information content (AvgIpc) is 2.70. The molecule has 1 saturated heterocycles. The van der Waals surface area contributed by atoms with E-state index in [1.165, 1.54) is 0 Å². The number of amides is 2. The van der Waals surface area contributed by atoms with Crippen LogP contribution in [0.4, 0.5) is 16.2 Å². The molecule has 0 radical (unpaired) electrons. The van der Waals surface area contributed by atoms with E-state index in [2.05, 4.69) is 17.6 Å². The second kappa shape index (κ2) is 6.76. The van der Waals surface area contributed by atoms with E-state index < -0.39 is 0 Å². The molecule has 1 aliphatic heterocycles. The lowest BCUT2D eigenvalue weighted by Gasteiger charge is -2.37. The lowest BCUT2D eigenvalue weighted by molar-refractivity contribution is -0.707. The molecule has 25 heavy (non-hydrogen) atoms. The molecule has 124 valence electrons. The van der Waals surface area contributed by atoms with Crippen LogP contribution in [0.3, 0.4) is 0 Å². The second-order valence-corrected chi connectivity index (χ2v) is 5.83. The zero-order valence-corrected chi connectivity index (χ0v) is 13.6. The Morgan fingerprint density at radius 2 is 1.24 bits per heavy atom. The Morgan fingerprint density at radius 1 is 0.720 bits per heavy atom. The number of quaternary nitrogens is 1. The Labute approximate surface area is 146 Å². The Hall–Kier alpha value is -3.15. The van der Waals surface area contributed by atoms with Gasteiger partial charge in [0.1, 0.15) is 0 Å². The largest absolute Gasteiger partial charge is 0.388 e. The molecule has 4 rings (SSSR count). The maximum atomic E-state index is 13.1. The summed E-state index contributed by atoms with van der Waals surface area (Å²) in [6.45, 7) is 0. The number of rotatable bonds is 3. The van der Waals surface area contributed by atoms with Crippen LogP contribution in [0.1, 0.15) is 11.7 Å². The maximum Gasteiger partial charge on any atom is 0.388 e. The van der Waals surface area contributed by atoms with Crippen LogP contribution in [-0.4, -0.2) is 6.03 Å². The van der Waals surface area contributed by atoms with E-state index in [9.17, 15) is 4.79 Å². The van der Waals surface area contributed by atoms with Gasteiger partial charge in [-0.1, -0.05) is 66.7 Å². The topological polar surface area (TPSA) is 52.2 Å². The summed E-state index contributed by atoms with van der Waals surface area (Å²) in [7, 11) is 0. The lowest BCUT2D eigenvalue weighted by Crippen LogP contribution is -3.03. The number of urea groups is 1. The van der Waals surface area contributed by atoms with Crippen molar-refractivity contribution in [1.82, 2.24) is 5.43 Å². The van der Waals surface area contributed by atoms with E-state index in [1.54, 1.807) is 10.0 Å². The molecule has 0 aromatic heterocycles. The van der Waals surface area contributed by atoms with Crippen molar-refractivity contribution in [2.24, 2.45) is 0 Å². The molecule has 1 fully saturated rings. The van der Waals surface area contributed by atoms with E-state index in [0.717, 1.165) is 16.9 Å². The number of hydrogen-bond donors (Lipinski definition) is 2. The number of hydrogen-bond acceptors (Lipinski definition) is 2. The summed E-state index contributed by atoms with van der Waals surface area (Å²) in [5.74, 6) is 0. The van der Waals surface area contributed by atoms with Gasteiger partial charge in [0.05, 0.1) is 11.4 Å². The smallest absolute Gasteiger partial charge is 0.241 e. The first-order chi connectivity index (χ1) is 12.3. The standard InChI is InChI=1S/C20H18N4O/c25-20-23(17-12-6-2-7-13-17)21-19(16-10-4-1-5-11-16)22-24(20)18-14-8-3-9-15-18/h1-15,19,21-22H/p+1. The van der Waals surface area contributed by atoms with Gasteiger partial charge in [0.25, 0.3) is 0 Å². The lowest BCUT2D eigenvalue weighted by atomic mass is 10.2. The minimum atomic E-state index is -0.135. The van der Waals surface area contributed by atoms with E-state index in [-0.39, 0.29) is 12.2 Å². The average molecular weight is 331 g/mol. The van der Waals surface area contributed by atoms with Crippen molar-refractivity contribution in [2.75, 3.05) is 10.0 Å². The summed E-state index contributed by atoms with van der Waals surface area (Å²) < 4.78 is 0. The first kappa shape index (κ1) is 15.4. The highest BCUT2D eigenvalue weighted by molar-refractivity contribution is 6.01. The number of carbonyl (C=O) groups excluding carboxylic acids is 1. The van der Waals surface area contributed by atoms with Crippen molar-refractivity contribution in [1.29, 1.82) is 0 Å². The van der Waals surface area contributed by atoms with Gasteiger partial charge in [0, 0.05) is 5.56 Å². The molecule has 1 aliphatic rings. The van der Waals surface area contributed by atoms with E-state index in [0.29, 0.717) is 0 Å². The molecule has 1 unspecified atom stereocenters. The Morgan fingerprint density at radius 3 is 1.84 bits per heavy atom. The van der Waals surface area contributed by atoms with E-state index in [4.69, 9.17) is 0 Å². The number of carbonyl (C=O) groups is 1. The van der Waals surface area contributed by atoms with Crippen LogP contribution in [-0.2, 0) is 0 Å². The van der Waals surface area contributed by atoms with Crippen molar-refractivity contribution in [2.45, 2.75) is 6.17 Å². The molecular weight excluding hydrogens is 312 g/mol. The first-order valence-corrected chi connectivity index (χ1v) is 8.22. The van der Waals surface area contributed by atoms with Gasteiger partial charge in [-0.05, 0) is 24.3 Å². The summed E-state index contributed by atoms with van der Waals surface area (Å²) >= 11 is 0. The van der Waals surface area contributed by atoms with Crippen LogP contribution in [0.25, 0.3) is 0 Å². The molecule has 3 aromatic carbocycles. The normalized spacial score (nSPS) is 17.6. The third-order valence-corrected chi connectivity index (χ3v) is 4.17. The monoisotopic (exact) mass is 331 g/mol. The van der Waals surface area contributed by atoms with Gasteiger partial charge in [0.2, 0.25) is 6.17 Å². The molecule has 0 saturated carbocycles. The number of nitrogens with zero attached hydrogens (tertiary/aromatic N) is 2. The summed E-state index contributed by atoms with van der Waals surface area (Å²) in [5.41, 5.74) is 7.99. The quantitative estimate of drug-likeness (QED) is 0.573. The number of nitrogens with two attached hydrogens (primary N) is 1. The van der Waals surface area contributed by atoms with Gasteiger partial charge in [0.15, 0.2) is 0 Å². The predicted molar refractivity (Wildman–Crippen MR) is 97.5 cm³/mol. The minimum Gasteiger partial charge on any atom is -0.241 e.